The Kier molecular flexibility index (Phi) is 7.03. The number of benzene rings is 1. The molecule has 0 aromatic heterocycles. The average Bonchev–Trinajstić information content (AvgIpc) is 2.63. The molecule has 1 heterocycles. The van der Waals surface area contributed by atoms with Crippen molar-refractivity contribution in [2.24, 2.45) is 0 Å². The maximum Gasteiger partial charge on any atom is 0.343 e. The molecule has 0 unspecified atom stereocenters. The molecular weight excluding hydrogens is 360 g/mol. The Bertz CT molecular complexity index is 700. The standard InChI is InChI=1S/C18H20O9/c1-10(19)25-14-13(21)15(17(22)23-3)27-18(16(14)26-11(2)20)24-9-12-7-5-4-6-8-12/h4-8,14-16,18H,9H2,1-3H3/t14-,15+,16+,18+/m0/s1. The number of carbonyl (C=O) groups excluding carboxylic acids is 4. The fourth-order valence-corrected chi connectivity index (χ4v) is 2.51. The molecule has 0 saturated carbocycles. The molecule has 1 aliphatic rings. The fraction of sp³-hybridized carbons (Fsp3) is 0.444. The Morgan fingerprint density at radius 1 is 1.04 bits per heavy atom. The van der Waals surface area contributed by atoms with Crippen LogP contribution in [-0.4, -0.2) is 55.4 Å². The van der Waals surface area contributed by atoms with Crippen LogP contribution in [0.4, 0.5) is 0 Å². The number of Topliss-reactive ketones (excluding diaryl/α,β-unsaturated/α-hetero) is 1. The lowest BCUT2D eigenvalue weighted by molar-refractivity contribution is -0.265. The minimum atomic E-state index is -1.67. The summed E-state index contributed by atoms with van der Waals surface area (Å²) in [5.41, 5.74) is 0.776. The largest absolute Gasteiger partial charge is 0.467 e. The van der Waals surface area contributed by atoms with Crippen LogP contribution in [0.5, 0.6) is 0 Å². The van der Waals surface area contributed by atoms with Crippen LogP contribution in [0.3, 0.4) is 0 Å². The molecule has 0 spiro atoms. The Hall–Kier alpha value is -2.78. The third-order valence-corrected chi connectivity index (χ3v) is 3.64. The molecule has 1 aromatic carbocycles. The van der Waals surface area contributed by atoms with Crippen molar-refractivity contribution >= 4 is 23.7 Å². The number of esters is 3. The van der Waals surface area contributed by atoms with Crippen molar-refractivity contribution in [3.63, 3.8) is 0 Å². The summed E-state index contributed by atoms with van der Waals surface area (Å²) in [7, 11) is 1.08. The van der Waals surface area contributed by atoms with E-state index in [2.05, 4.69) is 4.74 Å². The monoisotopic (exact) mass is 380 g/mol. The van der Waals surface area contributed by atoms with Crippen LogP contribution in [-0.2, 0) is 49.5 Å². The van der Waals surface area contributed by atoms with E-state index in [1.807, 2.05) is 6.07 Å². The highest BCUT2D eigenvalue weighted by Gasteiger charge is 2.52. The average molecular weight is 380 g/mol. The van der Waals surface area contributed by atoms with Crippen LogP contribution in [0.1, 0.15) is 19.4 Å². The van der Waals surface area contributed by atoms with Gasteiger partial charge in [-0.05, 0) is 5.56 Å². The summed E-state index contributed by atoms with van der Waals surface area (Å²) in [6.07, 6.45) is -5.94. The van der Waals surface area contributed by atoms with E-state index in [0.29, 0.717) is 0 Å². The Labute approximate surface area is 155 Å². The van der Waals surface area contributed by atoms with E-state index in [0.717, 1.165) is 26.5 Å². The van der Waals surface area contributed by atoms with Gasteiger partial charge in [-0.25, -0.2) is 4.79 Å². The minimum Gasteiger partial charge on any atom is -0.467 e. The minimum absolute atomic E-state index is 0.0398. The molecule has 9 nitrogen and oxygen atoms in total. The van der Waals surface area contributed by atoms with Crippen molar-refractivity contribution < 1.29 is 42.9 Å². The van der Waals surface area contributed by atoms with Gasteiger partial charge < -0.3 is 23.7 Å². The van der Waals surface area contributed by atoms with E-state index in [9.17, 15) is 19.2 Å². The molecule has 0 amide bonds. The molecule has 4 atom stereocenters. The zero-order chi connectivity index (χ0) is 20.0. The van der Waals surface area contributed by atoms with E-state index in [-0.39, 0.29) is 6.61 Å². The number of rotatable bonds is 6. The van der Waals surface area contributed by atoms with Gasteiger partial charge in [0, 0.05) is 13.8 Å². The lowest BCUT2D eigenvalue weighted by Gasteiger charge is -2.37. The van der Waals surface area contributed by atoms with E-state index in [4.69, 9.17) is 18.9 Å². The zero-order valence-electron chi connectivity index (χ0n) is 15.1. The molecule has 1 aromatic rings. The molecule has 9 heteroatoms. The smallest absolute Gasteiger partial charge is 0.343 e. The van der Waals surface area contributed by atoms with Crippen LogP contribution in [0.25, 0.3) is 0 Å². The molecule has 0 radical (unpaired) electrons. The van der Waals surface area contributed by atoms with Gasteiger partial charge in [0.1, 0.15) is 0 Å². The van der Waals surface area contributed by atoms with Gasteiger partial charge in [0.2, 0.25) is 24.3 Å². The summed E-state index contributed by atoms with van der Waals surface area (Å²) in [5.74, 6) is -3.41. The van der Waals surface area contributed by atoms with Crippen molar-refractivity contribution in [3.05, 3.63) is 35.9 Å². The van der Waals surface area contributed by atoms with E-state index in [1.165, 1.54) is 0 Å². The second-order valence-electron chi connectivity index (χ2n) is 5.71. The molecule has 0 N–H and O–H groups in total. The van der Waals surface area contributed by atoms with Gasteiger partial charge in [0.15, 0.2) is 6.10 Å². The number of hydrogen-bond donors (Lipinski definition) is 0. The molecule has 27 heavy (non-hydrogen) atoms. The van der Waals surface area contributed by atoms with Crippen molar-refractivity contribution in [1.82, 2.24) is 0 Å². The molecule has 1 saturated heterocycles. The summed E-state index contributed by atoms with van der Waals surface area (Å²) in [6, 6.07) is 9.00. The number of carbonyl (C=O) groups is 4. The topological polar surface area (TPSA) is 114 Å². The van der Waals surface area contributed by atoms with Gasteiger partial charge in [-0.15, -0.1) is 0 Å². The van der Waals surface area contributed by atoms with Gasteiger partial charge in [0.05, 0.1) is 13.7 Å². The molecular formula is C18H20O9. The maximum absolute atomic E-state index is 12.5. The summed E-state index contributed by atoms with van der Waals surface area (Å²) >= 11 is 0. The first-order valence-electron chi connectivity index (χ1n) is 8.10. The molecule has 0 bridgehead atoms. The van der Waals surface area contributed by atoms with Crippen LogP contribution >= 0.6 is 0 Å². The normalized spacial score (nSPS) is 24.8. The fourth-order valence-electron chi connectivity index (χ4n) is 2.51. The molecule has 1 aliphatic heterocycles. The first-order chi connectivity index (χ1) is 12.8. The second kappa shape index (κ2) is 9.24. The van der Waals surface area contributed by atoms with Gasteiger partial charge in [0.25, 0.3) is 0 Å². The number of ketones is 1. The van der Waals surface area contributed by atoms with Gasteiger partial charge in [-0.2, -0.15) is 0 Å². The lowest BCUT2D eigenvalue weighted by atomic mass is 10.00. The zero-order valence-corrected chi connectivity index (χ0v) is 15.1. The highest BCUT2D eigenvalue weighted by Crippen LogP contribution is 2.26. The predicted molar refractivity (Wildman–Crippen MR) is 88.0 cm³/mol. The highest BCUT2D eigenvalue weighted by atomic mass is 16.7. The third-order valence-electron chi connectivity index (χ3n) is 3.64. The molecule has 0 aliphatic carbocycles. The van der Waals surface area contributed by atoms with Crippen molar-refractivity contribution in [2.75, 3.05) is 7.11 Å². The summed E-state index contributed by atoms with van der Waals surface area (Å²) < 4.78 is 25.6. The molecule has 1 fully saturated rings. The molecule has 2 rings (SSSR count). The SMILES string of the molecule is COC(=O)[C@@H]1O[C@@H](OCc2ccccc2)[C@H](OC(C)=O)[C@@H](OC(C)=O)C1=O. The predicted octanol–water partition coefficient (Wildman–Crippen LogP) is 0.534. The molecule has 146 valence electrons. The maximum atomic E-state index is 12.5. The van der Waals surface area contributed by atoms with E-state index >= 15 is 0 Å². The number of ether oxygens (including phenoxy) is 5. The highest BCUT2D eigenvalue weighted by molar-refractivity contribution is 6.05. The quantitative estimate of drug-likeness (QED) is 0.396. The van der Waals surface area contributed by atoms with E-state index < -0.39 is 48.3 Å². The van der Waals surface area contributed by atoms with Crippen molar-refractivity contribution in [1.29, 1.82) is 0 Å². The van der Waals surface area contributed by atoms with E-state index in [1.54, 1.807) is 24.3 Å². The number of methoxy groups -OCH3 is 1. The third kappa shape index (κ3) is 5.35. The van der Waals surface area contributed by atoms with Crippen LogP contribution in [0.15, 0.2) is 30.3 Å². The Morgan fingerprint density at radius 3 is 2.22 bits per heavy atom. The lowest BCUT2D eigenvalue weighted by Crippen LogP contribution is -2.60. The Morgan fingerprint density at radius 2 is 1.67 bits per heavy atom. The van der Waals surface area contributed by atoms with Crippen LogP contribution in [0, 0.1) is 0 Å². The van der Waals surface area contributed by atoms with Gasteiger partial charge in [-0.3, -0.25) is 14.4 Å². The van der Waals surface area contributed by atoms with Crippen LogP contribution in [0.2, 0.25) is 0 Å². The van der Waals surface area contributed by atoms with Crippen molar-refractivity contribution in [3.8, 4) is 0 Å². The first-order valence-corrected chi connectivity index (χ1v) is 8.10. The van der Waals surface area contributed by atoms with Gasteiger partial charge in [-0.1, -0.05) is 30.3 Å². The van der Waals surface area contributed by atoms with Crippen LogP contribution < -0.4 is 0 Å². The second-order valence-corrected chi connectivity index (χ2v) is 5.71. The number of hydrogen-bond acceptors (Lipinski definition) is 9. The Balaban J connectivity index is 2.28. The van der Waals surface area contributed by atoms with Crippen molar-refractivity contribution in [2.45, 2.75) is 45.1 Å². The summed E-state index contributed by atoms with van der Waals surface area (Å²) in [6.45, 7) is 2.24. The summed E-state index contributed by atoms with van der Waals surface area (Å²) in [5, 5.41) is 0. The summed E-state index contributed by atoms with van der Waals surface area (Å²) in [4.78, 5) is 47.3. The van der Waals surface area contributed by atoms with Gasteiger partial charge >= 0.3 is 17.9 Å². The first kappa shape index (κ1) is 20.5.